The van der Waals surface area contributed by atoms with E-state index in [-0.39, 0.29) is 0 Å². The van der Waals surface area contributed by atoms with Crippen LogP contribution in [0, 0.1) is 5.92 Å². The van der Waals surface area contributed by atoms with Crippen molar-refractivity contribution in [3.8, 4) is 0 Å². The normalized spacial score (nSPS) is 26.4. The largest absolute Gasteiger partial charge is 0.383 e. The van der Waals surface area contributed by atoms with Crippen molar-refractivity contribution in [3.05, 3.63) is 0 Å². The molecule has 1 N–H and O–H groups in total. The Hall–Kier alpha value is -0.120. The second-order valence-electron chi connectivity index (χ2n) is 4.45. The lowest BCUT2D eigenvalue weighted by molar-refractivity contribution is 0.0668. The Morgan fingerprint density at radius 2 is 2.00 bits per heavy atom. The first-order chi connectivity index (χ1) is 6.90. The van der Waals surface area contributed by atoms with Gasteiger partial charge in [-0.15, -0.1) is 0 Å². The molecule has 0 bridgehead atoms. The Bertz CT molecular complexity index is 165. The van der Waals surface area contributed by atoms with Crippen LogP contribution in [0.4, 0.5) is 0 Å². The lowest BCUT2D eigenvalue weighted by atomic mass is 10.1. The molecule has 3 heteroatoms. The van der Waals surface area contributed by atoms with Crippen LogP contribution in [-0.2, 0) is 9.47 Å². The lowest BCUT2D eigenvalue weighted by Crippen LogP contribution is -2.44. The Morgan fingerprint density at radius 3 is 2.57 bits per heavy atom. The summed E-state index contributed by atoms with van der Waals surface area (Å²) in [4.78, 5) is 0. The molecule has 1 aliphatic carbocycles. The van der Waals surface area contributed by atoms with Gasteiger partial charge in [-0.25, -0.2) is 0 Å². The van der Waals surface area contributed by atoms with E-state index in [1.165, 1.54) is 12.8 Å². The van der Waals surface area contributed by atoms with Crippen molar-refractivity contribution in [3.63, 3.8) is 0 Å². The molecule has 2 aliphatic rings. The highest BCUT2D eigenvalue weighted by Gasteiger charge is 2.32. The number of rotatable bonds is 5. The van der Waals surface area contributed by atoms with Gasteiger partial charge < -0.3 is 14.8 Å². The first kappa shape index (κ1) is 10.4. The predicted molar refractivity (Wildman–Crippen MR) is 55.4 cm³/mol. The Labute approximate surface area is 86.2 Å². The minimum Gasteiger partial charge on any atom is -0.383 e. The summed E-state index contributed by atoms with van der Waals surface area (Å²) in [6, 6.07) is 1.24. The molecule has 0 aromatic rings. The summed E-state index contributed by atoms with van der Waals surface area (Å²) in [5.74, 6) is 0.873. The molecule has 1 saturated heterocycles. The van der Waals surface area contributed by atoms with E-state index in [0.29, 0.717) is 12.1 Å². The van der Waals surface area contributed by atoms with Gasteiger partial charge in [-0.1, -0.05) is 0 Å². The van der Waals surface area contributed by atoms with Gasteiger partial charge >= 0.3 is 0 Å². The van der Waals surface area contributed by atoms with Gasteiger partial charge in [0, 0.05) is 32.4 Å². The molecule has 0 radical (unpaired) electrons. The van der Waals surface area contributed by atoms with Crippen molar-refractivity contribution >= 4 is 0 Å². The maximum absolute atomic E-state index is 5.35. The summed E-state index contributed by atoms with van der Waals surface area (Å²) >= 11 is 0. The molecule has 1 atom stereocenters. The SMILES string of the molecule is COCC(NC1CCOCC1)C1CC1. The fourth-order valence-corrected chi connectivity index (χ4v) is 2.17. The van der Waals surface area contributed by atoms with Crippen LogP contribution in [0.1, 0.15) is 25.7 Å². The van der Waals surface area contributed by atoms with Crippen LogP contribution in [0.3, 0.4) is 0 Å². The fraction of sp³-hybridized carbons (Fsp3) is 1.00. The highest BCUT2D eigenvalue weighted by atomic mass is 16.5. The van der Waals surface area contributed by atoms with Crippen molar-refractivity contribution in [1.82, 2.24) is 5.32 Å². The van der Waals surface area contributed by atoms with Crippen LogP contribution in [0.25, 0.3) is 0 Å². The fourth-order valence-electron chi connectivity index (χ4n) is 2.17. The van der Waals surface area contributed by atoms with E-state index >= 15 is 0 Å². The molecule has 0 aromatic carbocycles. The smallest absolute Gasteiger partial charge is 0.0618 e. The zero-order chi connectivity index (χ0) is 9.80. The summed E-state index contributed by atoms with van der Waals surface area (Å²) < 4.78 is 10.6. The van der Waals surface area contributed by atoms with Crippen LogP contribution in [0.2, 0.25) is 0 Å². The topological polar surface area (TPSA) is 30.5 Å². The number of hydrogen-bond acceptors (Lipinski definition) is 3. The van der Waals surface area contributed by atoms with Crippen molar-refractivity contribution in [1.29, 1.82) is 0 Å². The third-order valence-electron chi connectivity index (χ3n) is 3.21. The van der Waals surface area contributed by atoms with Crippen molar-refractivity contribution in [2.45, 2.75) is 37.8 Å². The van der Waals surface area contributed by atoms with Crippen molar-refractivity contribution in [2.75, 3.05) is 26.9 Å². The summed E-state index contributed by atoms with van der Waals surface area (Å²) in [5.41, 5.74) is 0. The third kappa shape index (κ3) is 2.94. The molecule has 2 rings (SSSR count). The molecule has 2 fully saturated rings. The highest BCUT2D eigenvalue weighted by molar-refractivity contribution is 4.88. The van der Waals surface area contributed by atoms with E-state index in [1.807, 2.05) is 0 Å². The van der Waals surface area contributed by atoms with E-state index in [1.54, 1.807) is 7.11 Å². The van der Waals surface area contributed by atoms with Crippen molar-refractivity contribution < 1.29 is 9.47 Å². The van der Waals surface area contributed by atoms with Crippen LogP contribution in [0.5, 0.6) is 0 Å². The van der Waals surface area contributed by atoms with Crippen LogP contribution >= 0.6 is 0 Å². The quantitative estimate of drug-likeness (QED) is 0.721. The molecule has 0 amide bonds. The zero-order valence-corrected chi connectivity index (χ0v) is 9.00. The molecular formula is C11H21NO2. The minimum atomic E-state index is 0.586. The minimum absolute atomic E-state index is 0.586. The van der Waals surface area contributed by atoms with Gasteiger partial charge in [-0.2, -0.15) is 0 Å². The van der Waals surface area contributed by atoms with Gasteiger partial charge in [0.2, 0.25) is 0 Å². The molecule has 0 spiro atoms. The molecule has 1 heterocycles. The van der Waals surface area contributed by atoms with Crippen molar-refractivity contribution in [2.24, 2.45) is 5.92 Å². The molecule has 3 nitrogen and oxygen atoms in total. The summed E-state index contributed by atoms with van der Waals surface area (Å²) in [7, 11) is 1.79. The molecule has 14 heavy (non-hydrogen) atoms. The molecular weight excluding hydrogens is 178 g/mol. The standard InChI is InChI=1S/C11H21NO2/c1-13-8-11(9-2-3-9)12-10-4-6-14-7-5-10/h9-12H,2-8H2,1H3. The van der Waals surface area contributed by atoms with Gasteiger partial charge in [0.1, 0.15) is 0 Å². The molecule has 1 aliphatic heterocycles. The average Bonchev–Trinajstić information content (AvgIpc) is 3.02. The third-order valence-corrected chi connectivity index (χ3v) is 3.21. The number of nitrogens with one attached hydrogen (secondary N) is 1. The first-order valence-electron chi connectivity index (χ1n) is 5.73. The van der Waals surface area contributed by atoms with E-state index in [0.717, 1.165) is 38.6 Å². The Balaban J connectivity index is 1.73. The summed E-state index contributed by atoms with van der Waals surface area (Å²) in [6.07, 6.45) is 5.08. The van der Waals surface area contributed by atoms with E-state index < -0.39 is 0 Å². The van der Waals surface area contributed by atoms with Gasteiger partial charge in [0.15, 0.2) is 0 Å². The number of methoxy groups -OCH3 is 1. The summed E-state index contributed by atoms with van der Waals surface area (Å²) in [6.45, 7) is 2.70. The van der Waals surface area contributed by atoms with Crippen LogP contribution < -0.4 is 5.32 Å². The maximum Gasteiger partial charge on any atom is 0.0618 e. The average molecular weight is 199 g/mol. The Morgan fingerprint density at radius 1 is 1.29 bits per heavy atom. The van der Waals surface area contributed by atoms with Gasteiger partial charge in [0.05, 0.1) is 6.61 Å². The van der Waals surface area contributed by atoms with Crippen LogP contribution in [-0.4, -0.2) is 39.0 Å². The van der Waals surface area contributed by atoms with E-state index in [4.69, 9.17) is 9.47 Å². The number of hydrogen-bond donors (Lipinski definition) is 1. The summed E-state index contributed by atoms with van der Waals surface area (Å²) in [5, 5.41) is 3.71. The first-order valence-corrected chi connectivity index (χ1v) is 5.73. The monoisotopic (exact) mass is 199 g/mol. The highest BCUT2D eigenvalue weighted by Crippen LogP contribution is 2.33. The molecule has 1 saturated carbocycles. The van der Waals surface area contributed by atoms with Gasteiger partial charge in [0.25, 0.3) is 0 Å². The Kier molecular flexibility index (Phi) is 3.79. The molecule has 0 aromatic heterocycles. The van der Waals surface area contributed by atoms with Gasteiger partial charge in [-0.3, -0.25) is 0 Å². The van der Waals surface area contributed by atoms with E-state index in [2.05, 4.69) is 5.32 Å². The zero-order valence-electron chi connectivity index (χ0n) is 9.00. The maximum atomic E-state index is 5.35. The van der Waals surface area contributed by atoms with Crippen LogP contribution in [0.15, 0.2) is 0 Å². The van der Waals surface area contributed by atoms with E-state index in [9.17, 15) is 0 Å². The van der Waals surface area contributed by atoms with Gasteiger partial charge in [-0.05, 0) is 31.6 Å². The molecule has 1 unspecified atom stereocenters. The number of ether oxygens (including phenoxy) is 2. The second-order valence-corrected chi connectivity index (χ2v) is 4.45. The second kappa shape index (κ2) is 5.10. The lowest BCUT2D eigenvalue weighted by Gasteiger charge is -2.28. The molecule has 82 valence electrons. The predicted octanol–water partition coefficient (Wildman–Crippen LogP) is 1.18.